The second-order valence-electron chi connectivity index (χ2n) is 2.78. The quantitative estimate of drug-likeness (QED) is 0.409. The van der Waals surface area contributed by atoms with E-state index in [0.29, 0.717) is 11.5 Å². The van der Waals surface area contributed by atoms with Gasteiger partial charge in [-0.05, 0) is 70.3 Å². The Morgan fingerprint density at radius 3 is 2.38 bits per heavy atom. The molecule has 0 aliphatic rings. The number of nitrogens with zero attached hydrogens (tertiary/aromatic N) is 1. The number of rotatable bonds is 3. The fourth-order valence-electron chi connectivity index (χ4n) is 1.01. The smallest absolute Gasteiger partial charge is 0.199 e. The van der Waals surface area contributed by atoms with Crippen LogP contribution >= 0.6 is 45.2 Å². The van der Waals surface area contributed by atoms with Gasteiger partial charge in [0.25, 0.3) is 0 Å². The Balaban J connectivity index is 3.08. The Bertz CT molecular complexity index is 464. The minimum atomic E-state index is 0.291. The van der Waals surface area contributed by atoms with Crippen LogP contribution in [0.5, 0.6) is 11.5 Å². The van der Waals surface area contributed by atoms with Gasteiger partial charge in [-0.15, -0.1) is 0 Å². The van der Waals surface area contributed by atoms with Crippen molar-refractivity contribution in [3.8, 4) is 17.6 Å². The summed E-state index contributed by atoms with van der Waals surface area (Å²) in [6, 6.07) is 5.70. The molecule has 0 aliphatic heterocycles. The summed E-state index contributed by atoms with van der Waals surface area (Å²) in [6.07, 6.45) is 1.63. The topological polar surface area (TPSA) is 42.2 Å². The summed E-state index contributed by atoms with van der Waals surface area (Å²) < 4.78 is 12.5. The Kier molecular flexibility index (Phi) is 5.34. The van der Waals surface area contributed by atoms with Crippen molar-refractivity contribution in [2.75, 3.05) is 7.11 Å². The molecule has 1 aromatic carbocycles. The normalized spacial score (nSPS) is 10.8. The molecule has 0 bridgehead atoms. The minimum absolute atomic E-state index is 0.291. The Labute approximate surface area is 122 Å². The lowest BCUT2D eigenvalue weighted by molar-refractivity contribution is 0.406. The fourth-order valence-corrected chi connectivity index (χ4v) is 2.22. The molecule has 0 amide bonds. The number of halogens is 2. The van der Waals surface area contributed by atoms with Crippen molar-refractivity contribution < 1.29 is 9.47 Å². The summed E-state index contributed by atoms with van der Waals surface area (Å²) in [6.45, 7) is 1.76. The standard InChI is InChI=1S/C11H9I2NO2/c1-3-7(6-14)16-11-5-8(12)10(15-2)4-9(11)13/h3-5H,1-2H3. The summed E-state index contributed by atoms with van der Waals surface area (Å²) in [5, 5.41) is 8.78. The van der Waals surface area contributed by atoms with Crippen molar-refractivity contribution in [3.63, 3.8) is 0 Å². The van der Waals surface area contributed by atoms with Gasteiger partial charge in [-0.1, -0.05) is 0 Å². The molecule has 0 aliphatic carbocycles. The summed E-state index contributed by atoms with van der Waals surface area (Å²) in [5.41, 5.74) is 0. The monoisotopic (exact) mass is 441 g/mol. The van der Waals surface area contributed by atoms with E-state index >= 15 is 0 Å². The lowest BCUT2D eigenvalue weighted by Crippen LogP contribution is -1.96. The second-order valence-corrected chi connectivity index (χ2v) is 5.11. The molecule has 0 N–H and O–H groups in total. The first kappa shape index (κ1) is 13.6. The van der Waals surface area contributed by atoms with Crippen molar-refractivity contribution >= 4 is 45.2 Å². The highest BCUT2D eigenvalue weighted by Gasteiger charge is 2.09. The molecule has 0 spiro atoms. The largest absolute Gasteiger partial charge is 0.496 e. The van der Waals surface area contributed by atoms with Crippen molar-refractivity contribution in [1.82, 2.24) is 0 Å². The first-order valence-corrected chi connectivity index (χ1v) is 6.55. The number of nitriles is 1. The van der Waals surface area contributed by atoms with Crippen LogP contribution in [0.25, 0.3) is 0 Å². The Hall–Kier alpha value is -0.490. The zero-order chi connectivity index (χ0) is 12.1. The molecule has 3 nitrogen and oxygen atoms in total. The zero-order valence-electron chi connectivity index (χ0n) is 8.75. The van der Waals surface area contributed by atoms with Crippen molar-refractivity contribution in [3.05, 3.63) is 31.1 Å². The molecule has 16 heavy (non-hydrogen) atoms. The molecular formula is C11H9I2NO2. The van der Waals surface area contributed by atoms with E-state index in [1.165, 1.54) is 0 Å². The number of hydrogen-bond donors (Lipinski definition) is 0. The number of allylic oxidation sites excluding steroid dienone is 2. The molecule has 1 aromatic rings. The van der Waals surface area contributed by atoms with Gasteiger partial charge in [0.05, 0.1) is 14.3 Å². The molecule has 0 aromatic heterocycles. The van der Waals surface area contributed by atoms with Gasteiger partial charge in [0.1, 0.15) is 17.6 Å². The predicted octanol–water partition coefficient (Wildman–Crippen LogP) is 3.71. The van der Waals surface area contributed by atoms with Crippen molar-refractivity contribution in [2.45, 2.75) is 6.92 Å². The van der Waals surface area contributed by atoms with E-state index in [9.17, 15) is 0 Å². The molecule has 1 rings (SSSR count). The molecule has 0 heterocycles. The van der Waals surface area contributed by atoms with Gasteiger partial charge in [0, 0.05) is 0 Å². The highest BCUT2D eigenvalue weighted by molar-refractivity contribution is 14.1. The van der Waals surface area contributed by atoms with E-state index in [-0.39, 0.29) is 0 Å². The van der Waals surface area contributed by atoms with Gasteiger partial charge < -0.3 is 9.47 Å². The van der Waals surface area contributed by atoms with Gasteiger partial charge in [0.15, 0.2) is 5.76 Å². The van der Waals surface area contributed by atoms with Gasteiger partial charge in [0.2, 0.25) is 0 Å². The zero-order valence-corrected chi connectivity index (χ0v) is 13.1. The van der Waals surface area contributed by atoms with Gasteiger partial charge >= 0.3 is 0 Å². The van der Waals surface area contributed by atoms with E-state index in [1.54, 1.807) is 20.1 Å². The van der Waals surface area contributed by atoms with E-state index < -0.39 is 0 Å². The third kappa shape index (κ3) is 3.25. The van der Waals surface area contributed by atoms with Crippen LogP contribution in [0.4, 0.5) is 0 Å². The maximum atomic E-state index is 8.78. The summed E-state index contributed by atoms with van der Waals surface area (Å²) in [7, 11) is 1.63. The number of hydrogen-bond acceptors (Lipinski definition) is 3. The molecule has 0 radical (unpaired) electrons. The maximum absolute atomic E-state index is 8.78. The van der Waals surface area contributed by atoms with E-state index in [4.69, 9.17) is 14.7 Å². The summed E-state index contributed by atoms with van der Waals surface area (Å²) >= 11 is 4.31. The molecule has 0 saturated carbocycles. The average molecular weight is 441 g/mol. The fraction of sp³-hybridized carbons (Fsp3) is 0.182. The van der Waals surface area contributed by atoms with Gasteiger partial charge in [-0.3, -0.25) is 0 Å². The van der Waals surface area contributed by atoms with Crippen LogP contribution in [-0.4, -0.2) is 7.11 Å². The molecule has 0 fully saturated rings. The third-order valence-electron chi connectivity index (χ3n) is 1.80. The highest BCUT2D eigenvalue weighted by atomic mass is 127. The van der Waals surface area contributed by atoms with E-state index in [0.717, 1.165) is 12.9 Å². The second kappa shape index (κ2) is 6.30. The number of benzene rings is 1. The minimum Gasteiger partial charge on any atom is -0.496 e. The number of ether oxygens (including phenoxy) is 2. The van der Waals surface area contributed by atoms with Gasteiger partial charge in [-0.25, -0.2) is 0 Å². The molecule has 0 unspecified atom stereocenters. The van der Waals surface area contributed by atoms with Crippen LogP contribution in [0.3, 0.4) is 0 Å². The van der Waals surface area contributed by atoms with Gasteiger partial charge in [-0.2, -0.15) is 5.26 Å². The predicted molar refractivity (Wildman–Crippen MR) is 78.4 cm³/mol. The van der Waals surface area contributed by atoms with Crippen LogP contribution in [-0.2, 0) is 0 Å². The first-order valence-electron chi connectivity index (χ1n) is 4.39. The van der Waals surface area contributed by atoms with E-state index in [1.807, 2.05) is 18.2 Å². The van der Waals surface area contributed by atoms with Crippen molar-refractivity contribution in [1.29, 1.82) is 5.26 Å². The summed E-state index contributed by atoms with van der Waals surface area (Å²) in [5.74, 6) is 1.76. The lowest BCUT2D eigenvalue weighted by Gasteiger charge is -2.09. The van der Waals surface area contributed by atoms with E-state index in [2.05, 4.69) is 45.2 Å². The third-order valence-corrected chi connectivity index (χ3v) is 3.48. The number of methoxy groups -OCH3 is 1. The van der Waals surface area contributed by atoms with Crippen molar-refractivity contribution in [2.24, 2.45) is 0 Å². The SMILES string of the molecule is CC=C(C#N)Oc1cc(I)c(OC)cc1I. The lowest BCUT2D eigenvalue weighted by atomic mass is 10.3. The Morgan fingerprint density at radius 1 is 1.31 bits per heavy atom. The highest BCUT2D eigenvalue weighted by Crippen LogP contribution is 2.31. The molecule has 84 valence electrons. The maximum Gasteiger partial charge on any atom is 0.199 e. The molecule has 5 heteroatoms. The van der Waals surface area contributed by atoms with Crippen LogP contribution in [0, 0.1) is 18.5 Å². The molecule has 0 saturated heterocycles. The average Bonchev–Trinajstić information content (AvgIpc) is 2.29. The summed E-state index contributed by atoms with van der Waals surface area (Å²) in [4.78, 5) is 0. The van der Waals surface area contributed by atoms with Crippen LogP contribution in [0.15, 0.2) is 24.0 Å². The Morgan fingerprint density at radius 2 is 1.88 bits per heavy atom. The molecule has 0 atom stereocenters. The van der Waals surface area contributed by atoms with Crippen LogP contribution in [0.1, 0.15) is 6.92 Å². The van der Waals surface area contributed by atoms with Crippen LogP contribution in [0.2, 0.25) is 0 Å². The first-order chi connectivity index (χ1) is 7.62. The van der Waals surface area contributed by atoms with Crippen LogP contribution < -0.4 is 9.47 Å². The molecular weight excluding hydrogens is 432 g/mol.